The van der Waals surface area contributed by atoms with E-state index in [1.807, 2.05) is 6.07 Å². The molecule has 0 radical (unpaired) electrons. The lowest BCUT2D eigenvalue weighted by Gasteiger charge is -2.15. The molecule has 0 fully saturated rings. The molecule has 0 unspecified atom stereocenters. The van der Waals surface area contributed by atoms with Crippen LogP contribution in [0.3, 0.4) is 0 Å². The summed E-state index contributed by atoms with van der Waals surface area (Å²) in [7, 11) is 0. The Labute approximate surface area is 407 Å². The van der Waals surface area contributed by atoms with Crippen LogP contribution in [0.25, 0.3) is 144 Å². The molecule has 11 aromatic carbocycles. The normalized spacial score (nSPS) is 11.9. The maximum absolute atomic E-state index is 6.98. The molecule has 0 aliphatic rings. The zero-order chi connectivity index (χ0) is 46.6. The molecule has 0 atom stereocenters. The molecule has 0 spiro atoms. The number of aromatic nitrogens is 5. The molecule has 0 saturated heterocycles. The zero-order valence-corrected chi connectivity index (χ0v) is 38.2. The van der Waals surface area contributed by atoms with E-state index in [-0.39, 0.29) is 0 Å². The quantitative estimate of drug-likeness (QED) is 0.167. The Morgan fingerprint density at radius 3 is 1.66 bits per heavy atom. The lowest BCUT2D eigenvalue weighted by molar-refractivity contribution is 0.668. The highest BCUT2D eigenvalue weighted by Crippen LogP contribution is 2.45. The summed E-state index contributed by atoms with van der Waals surface area (Å²) >= 11 is 0. The van der Waals surface area contributed by atoms with Crippen molar-refractivity contribution < 1.29 is 4.42 Å². The van der Waals surface area contributed by atoms with Crippen molar-refractivity contribution in [2.45, 2.75) is 0 Å². The molecule has 4 aromatic heterocycles. The van der Waals surface area contributed by atoms with Gasteiger partial charge >= 0.3 is 0 Å². The Morgan fingerprint density at radius 1 is 0.296 bits per heavy atom. The van der Waals surface area contributed by atoms with Gasteiger partial charge in [0.15, 0.2) is 17.5 Å². The van der Waals surface area contributed by atoms with Crippen molar-refractivity contribution in [3.63, 3.8) is 0 Å². The van der Waals surface area contributed by atoms with Crippen molar-refractivity contribution >= 4 is 87.1 Å². The second kappa shape index (κ2) is 15.4. The molecule has 0 saturated carbocycles. The highest BCUT2D eigenvalue weighted by molar-refractivity contribution is 6.18. The van der Waals surface area contributed by atoms with Gasteiger partial charge in [0.2, 0.25) is 0 Å². The van der Waals surface area contributed by atoms with Crippen molar-refractivity contribution in [1.29, 1.82) is 0 Å². The van der Waals surface area contributed by atoms with Gasteiger partial charge in [-0.2, -0.15) is 0 Å². The first kappa shape index (κ1) is 39.4. The summed E-state index contributed by atoms with van der Waals surface area (Å²) in [4.78, 5) is 16.3. The van der Waals surface area contributed by atoms with Gasteiger partial charge in [0, 0.05) is 66.3 Å². The molecule has 0 aliphatic heterocycles. The molecule has 0 aliphatic carbocycles. The minimum Gasteiger partial charge on any atom is -0.456 e. The van der Waals surface area contributed by atoms with Crippen LogP contribution in [-0.2, 0) is 0 Å². The summed E-state index contributed by atoms with van der Waals surface area (Å²) in [6.45, 7) is 0. The Morgan fingerprint density at radius 2 is 0.887 bits per heavy atom. The van der Waals surface area contributed by atoms with E-state index in [2.05, 4.69) is 240 Å². The van der Waals surface area contributed by atoms with E-state index >= 15 is 0 Å². The van der Waals surface area contributed by atoms with Crippen LogP contribution in [0.15, 0.2) is 241 Å². The van der Waals surface area contributed by atoms with Crippen LogP contribution in [0.1, 0.15) is 0 Å². The first-order valence-corrected chi connectivity index (χ1v) is 24.0. The van der Waals surface area contributed by atoms with Gasteiger partial charge in [-0.1, -0.05) is 170 Å². The molecule has 0 bridgehead atoms. The second-order valence-corrected chi connectivity index (χ2v) is 18.3. The number of rotatable bonds is 6. The van der Waals surface area contributed by atoms with Gasteiger partial charge in [-0.05, 0) is 87.8 Å². The summed E-state index contributed by atoms with van der Waals surface area (Å²) in [5.41, 5.74) is 13.0. The third-order valence-corrected chi connectivity index (χ3v) is 14.3. The molecule has 0 amide bonds. The van der Waals surface area contributed by atoms with Crippen LogP contribution in [0, 0.1) is 0 Å². The molecule has 6 nitrogen and oxygen atoms in total. The zero-order valence-electron chi connectivity index (χ0n) is 38.2. The minimum absolute atomic E-state index is 0.565. The molecule has 330 valence electrons. The van der Waals surface area contributed by atoms with Crippen LogP contribution in [0.4, 0.5) is 0 Å². The van der Waals surface area contributed by atoms with Gasteiger partial charge in [0.25, 0.3) is 0 Å². The second-order valence-electron chi connectivity index (χ2n) is 18.3. The Bertz CT molecular complexity index is 4640. The first-order valence-electron chi connectivity index (χ1n) is 24.0. The lowest BCUT2D eigenvalue weighted by atomic mass is 9.98. The monoisotopic (exact) mass is 905 g/mol. The molecule has 15 rings (SSSR count). The number of hydrogen-bond acceptors (Lipinski definition) is 4. The molecular weight excluding hydrogens is 867 g/mol. The van der Waals surface area contributed by atoms with E-state index in [1.165, 1.54) is 21.5 Å². The van der Waals surface area contributed by atoms with E-state index in [9.17, 15) is 0 Å². The van der Waals surface area contributed by atoms with Crippen molar-refractivity contribution in [1.82, 2.24) is 24.1 Å². The highest BCUT2D eigenvalue weighted by Gasteiger charge is 2.24. The van der Waals surface area contributed by atoms with Gasteiger partial charge in [0.05, 0.1) is 27.8 Å². The summed E-state index contributed by atoms with van der Waals surface area (Å²) in [5.74, 6) is 1.75. The number of fused-ring (bicyclic) bond motifs is 11. The summed E-state index contributed by atoms with van der Waals surface area (Å²) < 4.78 is 11.7. The number of furan rings is 1. The summed E-state index contributed by atoms with van der Waals surface area (Å²) in [6, 6.07) is 83.9. The van der Waals surface area contributed by atoms with E-state index in [4.69, 9.17) is 19.4 Å². The fourth-order valence-corrected chi connectivity index (χ4v) is 11.1. The van der Waals surface area contributed by atoms with Crippen molar-refractivity contribution in [2.75, 3.05) is 0 Å². The Kier molecular flexibility index (Phi) is 8.56. The molecule has 15 aromatic rings. The predicted octanol–water partition coefficient (Wildman–Crippen LogP) is 16.9. The Balaban J connectivity index is 1.00. The SMILES string of the molecule is c1ccc(-c2cc3c(cc2-n2c4ccccc4c4cc5ccccc5cc42)oc2cccc(-c4nc(-c5ccc6ccccc6c5)nc(-c5cccc6c5c5ccccc5n6-c5ccccc5)n4)c23)cc1. The highest BCUT2D eigenvalue weighted by atomic mass is 16.3. The predicted molar refractivity (Wildman–Crippen MR) is 293 cm³/mol. The fraction of sp³-hybridized carbons (Fsp3) is 0. The molecule has 71 heavy (non-hydrogen) atoms. The van der Waals surface area contributed by atoms with Crippen molar-refractivity contribution in [2.24, 2.45) is 0 Å². The van der Waals surface area contributed by atoms with Crippen LogP contribution in [-0.4, -0.2) is 24.1 Å². The maximum Gasteiger partial charge on any atom is 0.164 e. The van der Waals surface area contributed by atoms with Crippen molar-refractivity contribution in [3.8, 4) is 56.7 Å². The fourth-order valence-electron chi connectivity index (χ4n) is 11.1. The van der Waals surface area contributed by atoms with Gasteiger partial charge < -0.3 is 13.6 Å². The van der Waals surface area contributed by atoms with Crippen LogP contribution >= 0.6 is 0 Å². The summed E-state index contributed by atoms with van der Waals surface area (Å²) in [5, 5.41) is 11.2. The standard InChI is InChI=1S/C65H39N5O/c1-3-18-41(19-4-1)51-38-53-60(39-58(51)70-54-29-13-11-25-47(54)52-36-43-21-9-10-22-44(43)37-57(52)70)71-59-32-16-28-50(62(53)59)65-67-63(45-34-33-40-17-7-8-20-42(40)35-45)66-64(68-65)49-27-15-31-56-61(49)48-26-12-14-30-55(48)69(56)46-23-5-2-6-24-46/h1-39H. The lowest BCUT2D eigenvalue weighted by Crippen LogP contribution is -2.01. The topological polar surface area (TPSA) is 61.7 Å². The largest absolute Gasteiger partial charge is 0.456 e. The average Bonchev–Trinajstić information content (AvgIpc) is 4.09. The van der Waals surface area contributed by atoms with E-state index < -0.39 is 0 Å². The Hall–Kier alpha value is -9.65. The van der Waals surface area contributed by atoms with E-state index in [0.29, 0.717) is 17.5 Å². The van der Waals surface area contributed by atoms with Crippen molar-refractivity contribution in [3.05, 3.63) is 237 Å². The van der Waals surface area contributed by atoms with Gasteiger partial charge in [0.1, 0.15) is 11.2 Å². The molecule has 4 heterocycles. The number of para-hydroxylation sites is 3. The third kappa shape index (κ3) is 6.11. The smallest absolute Gasteiger partial charge is 0.164 e. The van der Waals surface area contributed by atoms with Crippen LogP contribution in [0.5, 0.6) is 0 Å². The average molecular weight is 906 g/mol. The number of nitrogens with zero attached hydrogens (tertiary/aromatic N) is 5. The number of hydrogen-bond donors (Lipinski definition) is 0. The maximum atomic E-state index is 6.98. The third-order valence-electron chi connectivity index (χ3n) is 14.3. The molecule has 6 heteroatoms. The molecular formula is C65H39N5O. The first-order chi connectivity index (χ1) is 35.2. The minimum atomic E-state index is 0.565. The summed E-state index contributed by atoms with van der Waals surface area (Å²) in [6.07, 6.45) is 0. The molecule has 0 N–H and O–H groups in total. The van der Waals surface area contributed by atoms with Crippen LogP contribution < -0.4 is 0 Å². The number of benzene rings is 11. The van der Waals surface area contributed by atoms with Gasteiger partial charge in [-0.15, -0.1) is 0 Å². The van der Waals surface area contributed by atoms with E-state index in [1.54, 1.807) is 0 Å². The van der Waals surface area contributed by atoms with Crippen LogP contribution in [0.2, 0.25) is 0 Å². The van der Waals surface area contributed by atoms with E-state index in [0.717, 1.165) is 105 Å². The van der Waals surface area contributed by atoms with Gasteiger partial charge in [-0.3, -0.25) is 0 Å². The van der Waals surface area contributed by atoms with Gasteiger partial charge in [-0.25, -0.2) is 15.0 Å².